The van der Waals surface area contributed by atoms with E-state index in [0.29, 0.717) is 13.0 Å². The van der Waals surface area contributed by atoms with Gasteiger partial charge in [-0.1, -0.05) is 41.9 Å². The Morgan fingerprint density at radius 3 is 2.57 bits per heavy atom. The minimum Gasteiger partial charge on any atom is -0.151 e. The Balaban J connectivity index is 2.79. The van der Waals surface area contributed by atoms with Gasteiger partial charge in [0.15, 0.2) is 0 Å². The van der Waals surface area contributed by atoms with Crippen LogP contribution >= 0.6 is 0 Å². The lowest BCUT2D eigenvalue weighted by atomic mass is 9.87. The van der Waals surface area contributed by atoms with Crippen LogP contribution < -0.4 is 0 Å². The van der Waals surface area contributed by atoms with E-state index >= 15 is 0 Å². The number of allylic oxidation sites excluding steroid dienone is 3. The van der Waals surface area contributed by atoms with Crippen LogP contribution in [0.4, 0.5) is 0 Å². The van der Waals surface area contributed by atoms with Crippen molar-refractivity contribution in [3.05, 3.63) is 67.8 Å². The van der Waals surface area contributed by atoms with Crippen LogP contribution in [-0.4, -0.2) is 6.54 Å². The van der Waals surface area contributed by atoms with Crippen molar-refractivity contribution in [1.29, 1.82) is 0 Å². The van der Waals surface area contributed by atoms with Gasteiger partial charge in [0.05, 0.1) is 6.54 Å². The Hall–Kier alpha value is -2.46. The molecule has 2 heteroatoms. The zero-order chi connectivity index (χ0) is 15.3. The molecule has 1 rings (SSSR count). The van der Waals surface area contributed by atoms with Crippen molar-refractivity contribution in [1.82, 2.24) is 0 Å². The van der Waals surface area contributed by atoms with E-state index in [1.165, 1.54) is 11.1 Å². The van der Waals surface area contributed by atoms with Crippen molar-refractivity contribution >= 4 is 0 Å². The van der Waals surface area contributed by atoms with Gasteiger partial charge in [0.1, 0.15) is 0 Å². The van der Waals surface area contributed by atoms with Gasteiger partial charge in [0.25, 0.3) is 0 Å². The topological polar surface area (TPSA) is 29.4 Å². The lowest BCUT2D eigenvalue weighted by Gasteiger charge is -2.15. The minimum atomic E-state index is 0.318. The van der Waals surface area contributed by atoms with E-state index in [2.05, 4.69) is 45.3 Å². The molecule has 21 heavy (non-hydrogen) atoms. The van der Waals surface area contributed by atoms with Crippen molar-refractivity contribution in [3.8, 4) is 0 Å². The Morgan fingerprint density at radius 2 is 1.90 bits per heavy atom. The molecule has 0 heterocycles. The van der Waals surface area contributed by atoms with Gasteiger partial charge in [-0.15, -0.1) is 0 Å². The normalized spacial score (nSPS) is 11.3. The van der Waals surface area contributed by atoms with Crippen molar-refractivity contribution in [2.75, 3.05) is 6.54 Å². The van der Waals surface area contributed by atoms with E-state index in [9.17, 15) is 4.91 Å². The lowest BCUT2D eigenvalue weighted by Crippen LogP contribution is -1.99. The zero-order valence-corrected chi connectivity index (χ0v) is 12.7. The van der Waals surface area contributed by atoms with Crippen LogP contribution in [0.15, 0.2) is 68.1 Å². The average Bonchev–Trinajstić information content (AvgIpc) is 2.46. The molecule has 0 N–H and O–H groups in total. The zero-order valence-electron chi connectivity index (χ0n) is 12.7. The smallest absolute Gasteiger partial charge is 0.0854 e. The second-order valence-electron chi connectivity index (χ2n) is 4.63. The number of hydrogen-bond acceptors (Lipinski definition) is 2. The molecule has 0 unspecified atom stereocenters. The monoisotopic (exact) mass is 277 g/mol. The van der Waals surface area contributed by atoms with Crippen LogP contribution in [0.5, 0.6) is 0 Å². The van der Waals surface area contributed by atoms with E-state index < -0.39 is 0 Å². The fourth-order valence-corrected chi connectivity index (χ4v) is 1.67. The van der Waals surface area contributed by atoms with E-state index in [1.807, 2.05) is 19.9 Å². The first-order valence-corrected chi connectivity index (χ1v) is 7.23. The van der Waals surface area contributed by atoms with Crippen LogP contribution in [0, 0.1) is 4.91 Å². The third kappa shape index (κ3) is 7.03. The minimum absolute atomic E-state index is 0.318. The number of rotatable bonds is 5. The maximum absolute atomic E-state index is 10.1. The molecule has 0 saturated heterocycles. The maximum Gasteiger partial charge on any atom is 0.0854 e. The van der Waals surface area contributed by atoms with Crippen LogP contribution in [0.25, 0.3) is 0 Å². The first kappa shape index (κ1) is 16.6. The largest absolute Gasteiger partial charge is 0.151 e. The number of nitroso groups, excluding NO2 is 1. The van der Waals surface area contributed by atoms with Crippen molar-refractivity contribution in [3.63, 3.8) is 0 Å². The molecule has 1 aliphatic rings. The highest BCUT2D eigenvalue weighted by Crippen LogP contribution is 2.29. The van der Waals surface area contributed by atoms with Gasteiger partial charge in [0.2, 0.25) is 0 Å². The highest BCUT2D eigenvalue weighted by Gasteiger charge is 2.14. The molecule has 0 atom stereocenters. The quantitative estimate of drug-likeness (QED) is 0.510. The molecule has 0 aromatic carbocycles. The standard InChI is InChI=1S/C19H19NO/c1-3-5-6-7-8-9-10-18-15-19(16-18)12-11-17(4-2)13-14-20-21/h5H,3-4,13-16H2,1-2H3. The molecule has 0 spiro atoms. The van der Waals surface area contributed by atoms with E-state index in [-0.39, 0.29) is 0 Å². The molecule has 1 saturated carbocycles. The summed E-state index contributed by atoms with van der Waals surface area (Å²) < 4.78 is 0. The molecule has 0 aliphatic heterocycles. The van der Waals surface area contributed by atoms with Crippen molar-refractivity contribution < 1.29 is 0 Å². The highest BCUT2D eigenvalue weighted by atomic mass is 16.3. The molecule has 106 valence electrons. The third-order valence-electron chi connectivity index (χ3n) is 2.94. The SMILES string of the molecule is CCC=C=C=C=C=C=C1CC(=C=C=C(CC)CCN=O)C1. The number of nitrogens with zero attached hydrogens (tertiary/aromatic N) is 1. The van der Waals surface area contributed by atoms with Gasteiger partial charge < -0.3 is 0 Å². The predicted octanol–water partition coefficient (Wildman–Crippen LogP) is 5.07. The van der Waals surface area contributed by atoms with E-state index in [4.69, 9.17) is 0 Å². The molecule has 0 amide bonds. The fraction of sp³-hybridized carbons (Fsp3) is 0.421. The van der Waals surface area contributed by atoms with Gasteiger partial charge in [0, 0.05) is 12.8 Å². The van der Waals surface area contributed by atoms with Crippen LogP contribution in [0.2, 0.25) is 0 Å². The maximum atomic E-state index is 10.1. The molecule has 0 aromatic heterocycles. The molecule has 1 fully saturated rings. The summed E-state index contributed by atoms with van der Waals surface area (Å²) in [6.07, 6.45) is 6.10. The Kier molecular flexibility index (Phi) is 8.17. The fourth-order valence-electron chi connectivity index (χ4n) is 1.67. The average molecular weight is 277 g/mol. The summed E-state index contributed by atoms with van der Waals surface area (Å²) in [5.74, 6) is 0. The Labute approximate surface area is 126 Å². The van der Waals surface area contributed by atoms with Gasteiger partial charge in [-0.25, -0.2) is 0 Å². The predicted molar refractivity (Wildman–Crippen MR) is 84.8 cm³/mol. The summed E-state index contributed by atoms with van der Waals surface area (Å²) >= 11 is 0. The Morgan fingerprint density at radius 1 is 1.14 bits per heavy atom. The van der Waals surface area contributed by atoms with E-state index in [0.717, 1.165) is 31.3 Å². The van der Waals surface area contributed by atoms with Crippen LogP contribution in [0.3, 0.4) is 0 Å². The lowest BCUT2D eigenvalue weighted by molar-refractivity contribution is 0.864. The van der Waals surface area contributed by atoms with Gasteiger partial charge in [-0.05, 0) is 59.3 Å². The second-order valence-corrected chi connectivity index (χ2v) is 4.63. The summed E-state index contributed by atoms with van der Waals surface area (Å²) in [5.41, 5.74) is 24.0. The summed E-state index contributed by atoms with van der Waals surface area (Å²) in [7, 11) is 0. The molecular weight excluding hydrogens is 258 g/mol. The summed E-state index contributed by atoms with van der Waals surface area (Å²) in [4.78, 5) is 10.1. The molecular formula is C19H19NO. The van der Waals surface area contributed by atoms with Crippen molar-refractivity contribution in [2.45, 2.75) is 46.0 Å². The highest BCUT2D eigenvalue weighted by molar-refractivity contribution is 5.30. The Bertz CT molecular complexity index is 683. The molecule has 0 aromatic rings. The second kappa shape index (κ2) is 10.3. The van der Waals surface area contributed by atoms with Crippen LogP contribution in [-0.2, 0) is 0 Å². The van der Waals surface area contributed by atoms with Gasteiger partial charge in [-0.3, -0.25) is 0 Å². The molecule has 1 aliphatic carbocycles. The number of hydrogen-bond donors (Lipinski definition) is 0. The van der Waals surface area contributed by atoms with Crippen LogP contribution in [0.1, 0.15) is 46.0 Å². The molecule has 0 radical (unpaired) electrons. The molecule has 2 nitrogen and oxygen atoms in total. The molecule has 0 bridgehead atoms. The van der Waals surface area contributed by atoms with Gasteiger partial charge in [-0.2, -0.15) is 4.91 Å². The first-order chi connectivity index (χ1) is 10.3. The summed E-state index contributed by atoms with van der Waals surface area (Å²) in [6, 6.07) is 0. The first-order valence-electron chi connectivity index (χ1n) is 7.23. The van der Waals surface area contributed by atoms with Crippen molar-refractivity contribution in [2.24, 2.45) is 5.18 Å². The third-order valence-corrected chi connectivity index (χ3v) is 2.94. The summed E-state index contributed by atoms with van der Waals surface area (Å²) in [6.45, 7) is 4.41. The van der Waals surface area contributed by atoms with E-state index in [1.54, 1.807) is 0 Å². The summed E-state index contributed by atoms with van der Waals surface area (Å²) in [5, 5.41) is 2.87. The van der Waals surface area contributed by atoms with Gasteiger partial charge >= 0.3 is 0 Å².